The van der Waals surface area contributed by atoms with Gasteiger partial charge in [0.05, 0.1) is 13.2 Å². The number of halogens is 2. The molecule has 0 aliphatic carbocycles. The summed E-state index contributed by atoms with van der Waals surface area (Å²) in [5.74, 6) is -1.13. The summed E-state index contributed by atoms with van der Waals surface area (Å²) in [6, 6.07) is 0. The molecule has 0 rings (SSSR count). The number of unbranched alkanes of at least 4 members (excludes halogenated alkanes) is 4. The third kappa shape index (κ3) is 19.0. The van der Waals surface area contributed by atoms with Gasteiger partial charge in [-0.15, -0.1) is 0 Å². The zero-order valence-electron chi connectivity index (χ0n) is 14.1. The number of hydrogen-bond acceptors (Lipinski definition) is 7. The molecule has 0 saturated heterocycles. The number of rotatable bonds is 16. The molecule has 0 fully saturated rings. The van der Waals surface area contributed by atoms with E-state index in [0.717, 1.165) is 12.8 Å². The summed E-state index contributed by atoms with van der Waals surface area (Å²) in [5.41, 5.74) is 0. The van der Waals surface area contributed by atoms with Gasteiger partial charge < -0.3 is 14.2 Å². The smallest absolute Gasteiger partial charge is 0.332 e. The van der Waals surface area contributed by atoms with Crippen molar-refractivity contribution in [1.29, 1.82) is 0 Å². The summed E-state index contributed by atoms with van der Waals surface area (Å²) < 4.78 is 14.7. The Labute approximate surface area is 157 Å². The first-order chi connectivity index (χ1) is 11.9. The molecule has 0 aromatic rings. The van der Waals surface area contributed by atoms with E-state index in [0.29, 0.717) is 38.5 Å². The Morgan fingerprint density at radius 2 is 1.00 bits per heavy atom. The lowest BCUT2D eigenvalue weighted by atomic mass is 10.2. The molecule has 0 aliphatic rings. The van der Waals surface area contributed by atoms with Gasteiger partial charge in [0.25, 0.3) is 0 Å². The average Bonchev–Trinajstić information content (AvgIpc) is 2.53. The Balaban J connectivity index is 3.41. The Hall–Kier alpha value is -1.18. The van der Waals surface area contributed by atoms with E-state index in [1.807, 2.05) is 0 Å². The molecule has 0 spiro atoms. The lowest BCUT2D eigenvalue weighted by Crippen LogP contribution is -2.19. The maximum absolute atomic E-state index is 11.3. The summed E-state index contributed by atoms with van der Waals surface area (Å²) in [6.45, 7) is -0.192. The first kappa shape index (κ1) is 23.8. The van der Waals surface area contributed by atoms with E-state index in [1.54, 1.807) is 0 Å². The molecule has 0 aromatic heterocycles. The standard InChI is InChI=1S/C16H24Cl2O7/c17-13(19)7-3-1-5-9-24-15(21)11-23-12-16(22)25-10-6-2-4-8-14(18)20/h1-12H2. The molecule has 0 saturated carbocycles. The van der Waals surface area contributed by atoms with Gasteiger partial charge in [0, 0.05) is 12.8 Å². The predicted molar refractivity (Wildman–Crippen MR) is 91.4 cm³/mol. The van der Waals surface area contributed by atoms with Gasteiger partial charge in [-0.2, -0.15) is 0 Å². The molecule has 0 atom stereocenters. The highest BCUT2D eigenvalue weighted by Crippen LogP contribution is 2.03. The minimum atomic E-state index is -0.563. The topological polar surface area (TPSA) is 96.0 Å². The van der Waals surface area contributed by atoms with Crippen LogP contribution in [0.15, 0.2) is 0 Å². The quantitative estimate of drug-likeness (QED) is 0.224. The minimum Gasteiger partial charge on any atom is -0.464 e. The van der Waals surface area contributed by atoms with E-state index >= 15 is 0 Å². The van der Waals surface area contributed by atoms with Crippen LogP contribution in [0.3, 0.4) is 0 Å². The van der Waals surface area contributed by atoms with E-state index in [2.05, 4.69) is 0 Å². The third-order valence-electron chi connectivity index (χ3n) is 3.00. The molecule has 0 unspecified atom stereocenters. The first-order valence-corrected chi connectivity index (χ1v) is 8.93. The second-order valence-corrected chi connectivity index (χ2v) is 6.11. The summed E-state index contributed by atoms with van der Waals surface area (Å²) in [7, 11) is 0. The summed E-state index contributed by atoms with van der Waals surface area (Å²) in [6.07, 6.45) is 4.67. The van der Waals surface area contributed by atoms with Crippen LogP contribution in [0.2, 0.25) is 0 Å². The van der Waals surface area contributed by atoms with Crippen LogP contribution >= 0.6 is 23.2 Å². The van der Waals surface area contributed by atoms with Gasteiger partial charge in [0.15, 0.2) is 0 Å². The molecule has 0 heterocycles. The molecule has 0 bridgehead atoms. The van der Waals surface area contributed by atoms with Crippen molar-refractivity contribution < 1.29 is 33.4 Å². The van der Waals surface area contributed by atoms with Gasteiger partial charge >= 0.3 is 11.9 Å². The second kappa shape index (κ2) is 16.3. The van der Waals surface area contributed by atoms with Gasteiger partial charge in [0.2, 0.25) is 10.5 Å². The van der Waals surface area contributed by atoms with Gasteiger partial charge in [-0.1, -0.05) is 0 Å². The lowest BCUT2D eigenvalue weighted by Gasteiger charge is -2.06. The van der Waals surface area contributed by atoms with Crippen molar-refractivity contribution in [3.05, 3.63) is 0 Å². The van der Waals surface area contributed by atoms with Gasteiger partial charge in [-0.25, -0.2) is 9.59 Å². The van der Waals surface area contributed by atoms with E-state index in [4.69, 9.17) is 37.4 Å². The summed E-state index contributed by atoms with van der Waals surface area (Å²) in [4.78, 5) is 43.7. The largest absolute Gasteiger partial charge is 0.464 e. The first-order valence-electron chi connectivity index (χ1n) is 8.17. The van der Waals surface area contributed by atoms with Crippen molar-refractivity contribution in [2.24, 2.45) is 0 Å². The van der Waals surface area contributed by atoms with Crippen LogP contribution in [-0.2, 0) is 33.4 Å². The minimum absolute atomic E-state index is 0.230. The van der Waals surface area contributed by atoms with E-state index in [-0.39, 0.29) is 36.9 Å². The van der Waals surface area contributed by atoms with Crippen LogP contribution < -0.4 is 0 Å². The molecule has 9 heteroatoms. The average molecular weight is 399 g/mol. The molecule has 0 amide bonds. The Bertz CT molecular complexity index is 389. The molecule has 0 aliphatic heterocycles. The molecule has 25 heavy (non-hydrogen) atoms. The van der Waals surface area contributed by atoms with Crippen LogP contribution in [0.1, 0.15) is 51.4 Å². The van der Waals surface area contributed by atoms with Gasteiger partial charge in [-0.05, 0) is 61.7 Å². The van der Waals surface area contributed by atoms with Crippen molar-refractivity contribution in [3.8, 4) is 0 Å². The fraction of sp³-hybridized carbons (Fsp3) is 0.750. The van der Waals surface area contributed by atoms with Crippen LogP contribution in [0.5, 0.6) is 0 Å². The zero-order chi connectivity index (χ0) is 18.9. The van der Waals surface area contributed by atoms with E-state index in [1.165, 1.54) is 0 Å². The maximum atomic E-state index is 11.3. The predicted octanol–water partition coefficient (Wildman–Crippen LogP) is 2.74. The van der Waals surface area contributed by atoms with Crippen LogP contribution in [0.25, 0.3) is 0 Å². The Kier molecular flexibility index (Phi) is 15.5. The van der Waals surface area contributed by atoms with E-state index in [9.17, 15) is 19.2 Å². The van der Waals surface area contributed by atoms with Gasteiger partial charge in [-0.3, -0.25) is 9.59 Å². The van der Waals surface area contributed by atoms with Crippen molar-refractivity contribution in [2.45, 2.75) is 51.4 Å². The highest BCUT2D eigenvalue weighted by molar-refractivity contribution is 6.63. The van der Waals surface area contributed by atoms with Crippen LogP contribution in [0.4, 0.5) is 0 Å². The fourth-order valence-electron chi connectivity index (χ4n) is 1.76. The number of ether oxygens (including phenoxy) is 3. The molecule has 0 radical (unpaired) electrons. The number of carbonyl (C=O) groups excluding carboxylic acids is 4. The van der Waals surface area contributed by atoms with Crippen molar-refractivity contribution >= 4 is 45.6 Å². The molecule has 0 aromatic carbocycles. The van der Waals surface area contributed by atoms with Crippen molar-refractivity contribution in [2.75, 3.05) is 26.4 Å². The molecule has 144 valence electrons. The summed E-state index contributed by atoms with van der Waals surface area (Å²) in [5, 5.41) is -0.745. The lowest BCUT2D eigenvalue weighted by molar-refractivity contribution is -0.155. The number of carbonyl (C=O) groups is 4. The van der Waals surface area contributed by atoms with Crippen molar-refractivity contribution in [1.82, 2.24) is 0 Å². The van der Waals surface area contributed by atoms with Gasteiger partial charge in [0.1, 0.15) is 13.2 Å². The zero-order valence-corrected chi connectivity index (χ0v) is 15.6. The number of esters is 2. The van der Waals surface area contributed by atoms with Crippen molar-refractivity contribution in [3.63, 3.8) is 0 Å². The molecule has 0 N–H and O–H groups in total. The number of hydrogen-bond donors (Lipinski definition) is 0. The monoisotopic (exact) mass is 398 g/mol. The molecule has 7 nitrogen and oxygen atoms in total. The summed E-state index contributed by atoms with van der Waals surface area (Å²) >= 11 is 10.4. The SMILES string of the molecule is O=C(Cl)CCCCCOC(=O)COCC(=O)OCCCCCC(=O)Cl. The van der Waals surface area contributed by atoms with Crippen LogP contribution in [-0.4, -0.2) is 48.9 Å². The van der Waals surface area contributed by atoms with Crippen LogP contribution in [0, 0.1) is 0 Å². The molecular formula is C16H24Cl2O7. The second-order valence-electron chi connectivity index (χ2n) is 5.27. The fourth-order valence-corrected chi connectivity index (χ4v) is 2.03. The normalized spacial score (nSPS) is 10.3. The van der Waals surface area contributed by atoms with E-state index < -0.39 is 11.9 Å². The third-order valence-corrected chi connectivity index (χ3v) is 3.38. The molecular weight excluding hydrogens is 375 g/mol. The Morgan fingerprint density at radius 3 is 1.36 bits per heavy atom. The Morgan fingerprint density at radius 1 is 0.600 bits per heavy atom. The highest BCUT2D eigenvalue weighted by Gasteiger charge is 2.07. The maximum Gasteiger partial charge on any atom is 0.332 e. The highest BCUT2D eigenvalue weighted by atomic mass is 35.5.